The van der Waals surface area contributed by atoms with Crippen molar-refractivity contribution in [3.05, 3.63) is 28.0 Å². The molecule has 1 saturated heterocycles. The molecule has 0 radical (unpaired) electrons. The van der Waals surface area contributed by atoms with E-state index in [0.29, 0.717) is 13.0 Å². The van der Waals surface area contributed by atoms with Gasteiger partial charge in [0.05, 0.1) is 0 Å². The molecule has 1 amide bonds. The van der Waals surface area contributed by atoms with Crippen LogP contribution in [0, 0.1) is 6.92 Å². The minimum absolute atomic E-state index is 0.210. The van der Waals surface area contributed by atoms with Crippen molar-refractivity contribution in [2.24, 2.45) is 0 Å². The molecule has 1 aliphatic rings. The monoisotopic (exact) mass is 279 g/mol. The fraction of sp³-hybridized carbons (Fsp3) is 0.429. The highest BCUT2D eigenvalue weighted by Gasteiger charge is 2.30. The molecule has 0 unspecified atom stereocenters. The van der Waals surface area contributed by atoms with Gasteiger partial charge in [0.1, 0.15) is 6.04 Å². The van der Waals surface area contributed by atoms with Crippen LogP contribution in [0.4, 0.5) is 0 Å². The Kier molecular flexibility index (Phi) is 4.37. The summed E-state index contributed by atoms with van der Waals surface area (Å²) >= 11 is 1.61. The zero-order valence-corrected chi connectivity index (χ0v) is 11.7. The second-order valence-electron chi connectivity index (χ2n) is 4.66. The molecule has 2 heterocycles. The van der Waals surface area contributed by atoms with E-state index in [2.05, 4.69) is 0 Å². The minimum Gasteiger partial charge on any atom is -0.480 e. The van der Waals surface area contributed by atoms with Crippen LogP contribution in [-0.2, 0) is 9.59 Å². The Balaban J connectivity index is 2.05. The first kappa shape index (κ1) is 13.8. The van der Waals surface area contributed by atoms with Crippen LogP contribution in [0.15, 0.2) is 18.2 Å². The van der Waals surface area contributed by atoms with Crippen molar-refractivity contribution in [1.82, 2.24) is 4.90 Å². The molecule has 1 N–H and O–H groups in total. The van der Waals surface area contributed by atoms with Crippen LogP contribution in [-0.4, -0.2) is 34.5 Å². The molecule has 2 rings (SSSR count). The average molecular weight is 279 g/mol. The number of aryl methyl sites for hydroxylation is 1. The number of carbonyl (C=O) groups excluding carboxylic acids is 1. The standard InChI is InChI=1S/C14H17NO3S/c1-10-5-6-11(19-10)7-8-13(16)15-9-3-2-4-12(15)14(17)18/h5-8,12H,2-4,9H2,1H3,(H,17,18)/b8-7-/t12-/m0/s1. The summed E-state index contributed by atoms with van der Waals surface area (Å²) in [7, 11) is 0. The van der Waals surface area contributed by atoms with Gasteiger partial charge in [-0.15, -0.1) is 11.3 Å². The van der Waals surface area contributed by atoms with E-state index in [4.69, 9.17) is 5.11 Å². The van der Waals surface area contributed by atoms with Crippen molar-refractivity contribution >= 4 is 29.3 Å². The molecule has 1 aromatic heterocycles. The Morgan fingerprint density at radius 2 is 2.21 bits per heavy atom. The molecule has 1 aliphatic heterocycles. The van der Waals surface area contributed by atoms with Crippen molar-refractivity contribution in [2.75, 3.05) is 6.54 Å². The van der Waals surface area contributed by atoms with Crippen LogP contribution < -0.4 is 0 Å². The number of carboxylic acids is 1. The molecule has 1 atom stereocenters. The molecular weight excluding hydrogens is 262 g/mol. The summed E-state index contributed by atoms with van der Waals surface area (Å²) in [6.45, 7) is 2.54. The SMILES string of the molecule is Cc1ccc(/C=C\C(=O)N2CCCC[C@H]2C(=O)O)s1. The maximum absolute atomic E-state index is 12.1. The van der Waals surface area contributed by atoms with Crippen LogP contribution in [0.2, 0.25) is 0 Å². The number of carboxylic acid groups (broad SMARTS) is 1. The summed E-state index contributed by atoms with van der Waals surface area (Å²) < 4.78 is 0. The van der Waals surface area contributed by atoms with E-state index in [1.165, 1.54) is 15.9 Å². The predicted molar refractivity (Wildman–Crippen MR) is 75.1 cm³/mol. The number of hydrogen-bond acceptors (Lipinski definition) is 3. The second kappa shape index (κ2) is 6.02. The van der Waals surface area contributed by atoms with E-state index in [0.717, 1.165) is 17.7 Å². The lowest BCUT2D eigenvalue weighted by Crippen LogP contribution is -2.47. The van der Waals surface area contributed by atoms with Crippen LogP contribution in [0.1, 0.15) is 29.0 Å². The molecule has 4 nitrogen and oxygen atoms in total. The lowest BCUT2D eigenvalue weighted by atomic mass is 10.0. The van der Waals surface area contributed by atoms with E-state index >= 15 is 0 Å². The third kappa shape index (κ3) is 3.44. The van der Waals surface area contributed by atoms with Gasteiger partial charge in [-0.25, -0.2) is 4.79 Å². The third-order valence-corrected chi connectivity index (χ3v) is 4.19. The molecule has 1 aromatic rings. The number of likely N-dealkylation sites (tertiary alicyclic amines) is 1. The zero-order valence-electron chi connectivity index (χ0n) is 10.8. The van der Waals surface area contributed by atoms with E-state index < -0.39 is 12.0 Å². The maximum atomic E-state index is 12.1. The molecule has 0 saturated carbocycles. The molecule has 5 heteroatoms. The van der Waals surface area contributed by atoms with Crippen molar-refractivity contribution in [1.29, 1.82) is 0 Å². The fourth-order valence-corrected chi connectivity index (χ4v) is 3.02. The number of piperidine rings is 1. The number of nitrogens with zero attached hydrogens (tertiary/aromatic N) is 1. The highest BCUT2D eigenvalue weighted by Crippen LogP contribution is 2.19. The Bertz CT molecular complexity index is 507. The molecule has 102 valence electrons. The highest BCUT2D eigenvalue weighted by molar-refractivity contribution is 7.12. The third-order valence-electron chi connectivity index (χ3n) is 3.22. The van der Waals surface area contributed by atoms with E-state index in [9.17, 15) is 9.59 Å². The Morgan fingerprint density at radius 3 is 2.84 bits per heavy atom. The zero-order chi connectivity index (χ0) is 13.8. The normalized spacial score (nSPS) is 19.8. The summed E-state index contributed by atoms with van der Waals surface area (Å²) in [5, 5.41) is 9.13. The lowest BCUT2D eigenvalue weighted by Gasteiger charge is -2.32. The number of thiophene rings is 1. The molecule has 0 bridgehead atoms. The summed E-state index contributed by atoms with van der Waals surface area (Å²) in [6, 6.07) is 3.28. The maximum Gasteiger partial charge on any atom is 0.326 e. The molecule has 19 heavy (non-hydrogen) atoms. The van der Waals surface area contributed by atoms with Crippen molar-refractivity contribution < 1.29 is 14.7 Å². The largest absolute Gasteiger partial charge is 0.480 e. The van der Waals surface area contributed by atoms with Gasteiger partial charge in [-0.2, -0.15) is 0 Å². The second-order valence-corrected chi connectivity index (χ2v) is 5.98. The summed E-state index contributed by atoms with van der Waals surface area (Å²) in [6.07, 6.45) is 5.53. The summed E-state index contributed by atoms with van der Waals surface area (Å²) in [4.78, 5) is 26.9. The number of carbonyl (C=O) groups is 2. The first-order valence-corrected chi connectivity index (χ1v) is 7.17. The summed E-state index contributed by atoms with van der Waals surface area (Å²) in [5.41, 5.74) is 0. The molecule has 0 aromatic carbocycles. The summed E-state index contributed by atoms with van der Waals surface area (Å²) in [5.74, 6) is -1.12. The number of hydrogen-bond donors (Lipinski definition) is 1. The molecule has 1 fully saturated rings. The highest BCUT2D eigenvalue weighted by atomic mass is 32.1. The van der Waals surface area contributed by atoms with Crippen LogP contribution in [0.5, 0.6) is 0 Å². The average Bonchev–Trinajstić information content (AvgIpc) is 2.81. The number of aliphatic carboxylic acids is 1. The Hall–Kier alpha value is -1.62. The first-order chi connectivity index (χ1) is 9.08. The van der Waals surface area contributed by atoms with E-state index in [1.54, 1.807) is 17.4 Å². The van der Waals surface area contributed by atoms with Crippen LogP contribution in [0.3, 0.4) is 0 Å². The van der Waals surface area contributed by atoms with Crippen LogP contribution in [0.25, 0.3) is 6.08 Å². The van der Waals surface area contributed by atoms with Gasteiger partial charge >= 0.3 is 5.97 Å². The number of rotatable bonds is 3. The van der Waals surface area contributed by atoms with Crippen molar-refractivity contribution in [3.63, 3.8) is 0 Å². The van der Waals surface area contributed by atoms with Gasteiger partial charge in [-0.1, -0.05) is 0 Å². The van der Waals surface area contributed by atoms with E-state index in [1.807, 2.05) is 19.1 Å². The van der Waals surface area contributed by atoms with Gasteiger partial charge in [0, 0.05) is 22.4 Å². The van der Waals surface area contributed by atoms with Gasteiger partial charge in [-0.05, 0) is 44.4 Å². The quantitative estimate of drug-likeness (QED) is 0.865. The smallest absolute Gasteiger partial charge is 0.326 e. The minimum atomic E-state index is -0.909. The lowest BCUT2D eigenvalue weighted by molar-refractivity contribution is -0.150. The number of amides is 1. The topological polar surface area (TPSA) is 57.6 Å². The molecule has 0 aliphatic carbocycles. The van der Waals surface area contributed by atoms with E-state index in [-0.39, 0.29) is 5.91 Å². The van der Waals surface area contributed by atoms with Gasteiger partial charge in [0.25, 0.3) is 0 Å². The molecular formula is C14H17NO3S. The van der Waals surface area contributed by atoms with Gasteiger partial charge in [0.15, 0.2) is 0 Å². The van der Waals surface area contributed by atoms with Crippen molar-refractivity contribution in [2.45, 2.75) is 32.2 Å². The van der Waals surface area contributed by atoms with Gasteiger partial charge in [-0.3, -0.25) is 4.79 Å². The predicted octanol–water partition coefficient (Wildman–Crippen LogP) is 2.54. The Morgan fingerprint density at radius 1 is 1.42 bits per heavy atom. The van der Waals surface area contributed by atoms with Crippen LogP contribution >= 0.6 is 11.3 Å². The van der Waals surface area contributed by atoms with Crippen molar-refractivity contribution in [3.8, 4) is 0 Å². The Labute approximate surface area is 116 Å². The van der Waals surface area contributed by atoms with Gasteiger partial charge < -0.3 is 10.0 Å². The van der Waals surface area contributed by atoms with Gasteiger partial charge in [0.2, 0.25) is 5.91 Å². The molecule has 0 spiro atoms. The first-order valence-electron chi connectivity index (χ1n) is 6.36. The fourth-order valence-electron chi connectivity index (χ4n) is 2.24.